The number of hydrogen-bond acceptors (Lipinski definition) is 5. The molecular weight excluding hydrogens is 322 g/mol. The molecular formula is C19H25NO5. The molecule has 0 aliphatic carbocycles. The summed E-state index contributed by atoms with van der Waals surface area (Å²) in [6, 6.07) is 5.21. The lowest BCUT2D eigenvalue weighted by Crippen LogP contribution is -2.45. The molecule has 1 aliphatic heterocycles. The van der Waals surface area contributed by atoms with Crippen LogP contribution in [-0.4, -0.2) is 48.4 Å². The lowest BCUT2D eigenvalue weighted by Gasteiger charge is -2.32. The molecule has 136 valence electrons. The zero-order valence-corrected chi connectivity index (χ0v) is 15.4. The lowest BCUT2D eigenvalue weighted by molar-refractivity contribution is -0.123. The van der Waals surface area contributed by atoms with Gasteiger partial charge in [-0.1, -0.05) is 6.07 Å². The van der Waals surface area contributed by atoms with E-state index in [0.717, 1.165) is 5.56 Å². The number of benzene rings is 1. The molecule has 1 atom stereocenters. The second-order valence-corrected chi connectivity index (χ2v) is 7.23. The molecule has 6 nitrogen and oxygen atoms in total. The minimum atomic E-state index is -0.590. The molecule has 1 unspecified atom stereocenters. The van der Waals surface area contributed by atoms with Gasteiger partial charge in [0.15, 0.2) is 11.6 Å². The van der Waals surface area contributed by atoms with Gasteiger partial charge in [-0.05, 0) is 51.8 Å². The highest BCUT2D eigenvalue weighted by Gasteiger charge is 2.33. The van der Waals surface area contributed by atoms with Crippen molar-refractivity contribution < 1.29 is 23.9 Å². The second-order valence-electron chi connectivity index (χ2n) is 7.23. The molecule has 1 aliphatic rings. The predicted octanol–water partition coefficient (Wildman–Crippen LogP) is 3.19. The predicted molar refractivity (Wildman–Crippen MR) is 93.2 cm³/mol. The molecule has 0 spiro atoms. The molecule has 0 N–H and O–H groups in total. The van der Waals surface area contributed by atoms with Gasteiger partial charge in [-0.3, -0.25) is 9.59 Å². The lowest BCUT2D eigenvalue weighted by atomic mass is 9.87. The summed E-state index contributed by atoms with van der Waals surface area (Å²) < 4.78 is 10.6. The number of carbonyl (C=O) groups excluding carboxylic acids is 3. The van der Waals surface area contributed by atoms with Crippen molar-refractivity contribution in [2.45, 2.75) is 45.6 Å². The summed E-state index contributed by atoms with van der Waals surface area (Å²) in [5, 5.41) is 0. The van der Waals surface area contributed by atoms with Crippen molar-refractivity contribution in [3.8, 4) is 5.75 Å². The molecule has 2 rings (SSSR count). The van der Waals surface area contributed by atoms with Gasteiger partial charge in [-0.15, -0.1) is 0 Å². The van der Waals surface area contributed by atoms with Crippen molar-refractivity contribution in [2.24, 2.45) is 0 Å². The maximum atomic E-state index is 12.5. The van der Waals surface area contributed by atoms with E-state index in [1.165, 1.54) is 18.9 Å². The second kappa shape index (κ2) is 7.25. The maximum absolute atomic E-state index is 12.5. The quantitative estimate of drug-likeness (QED) is 0.785. The minimum absolute atomic E-state index is 0.0242. The number of Topliss-reactive ketones (excluding diaryl/α,β-unsaturated/α-hetero) is 2. The number of carbonyl (C=O) groups is 3. The Hall–Kier alpha value is -2.37. The van der Waals surface area contributed by atoms with Crippen LogP contribution in [0.1, 0.15) is 56.0 Å². The van der Waals surface area contributed by atoms with Crippen LogP contribution >= 0.6 is 0 Å². The van der Waals surface area contributed by atoms with E-state index in [4.69, 9.17) is 9.47 Å². The molecule has 1 amide bonds. The summed E-state index contributed by atoms with van der Waals surface area (Å²) in [7, 11) is 1.50. The van der Waals surface area contributed by atoms with Crippen LogP contribution in [0.4, 0.5) is 4.79 Å². The highest BCUT2D eigenvalue weighted by Crippen LogP contribution is 2.30. The normalized spacial score (nSPS) is 18.0. The molecule has 0 saturated carbocycles. The molecule has 1 saturated heterocycles. The van der Waals surface area contributed by atoms with E-state index in [1.807, 2.05) is 0 Å². The number of piperidine rings is 1. The number of rotatable bonds is 3. The van der Waals surface area contributed by atoms with Crippen LogP contribution in [0.15, 0.2) is 18.2 Å². The Morgan fingerprint density at radius 2 is 1.92 bits per heavy atom. The highest BCUT2D eigenvalue weighted by atomic mass is 16.6. The van der Waals surface area contributed by atoms with Crippen molar-refractivity contribution >= 4 is 17.7 Å². The topological polar surface area (TPSA) is 72.9 Å². The third kappa shape index (κ3) is 4.59. The third-order valence-electron chi connectivity index (χ3n) is 4.08. The first kappa shape index (κ1) is 19.0. The Bertz CT molecular complexity index is 690. The molecule has 6 heteroatoms. The van der Waals surface area contributed by atoms with E-state index >= 15 is 0 Å². The van der Waals surface area contributed by atoms with E-state index in [2.05, 4.69) is 0 Å². The van der Waals surface area contributed by atoms with Crippen molar-refractivity contribution in [1.29, 1.82) is 0 Å². The van der Waals surface area contributed by atoms with Crippen LogP contribution in [0, 0.1) is 0 Å². The van der Waals surface area contributed by atoms with Gasteiger partial charge >= 0.3 is 6.09 Å². The van der Waals surface area contributed by atoms with Gasteiger partial charge in [0, 0.05) is 12.5 Å². The van der Waals surface area contributed by atoms with Crippen molar-refractivity contribution in [3.05, 3.63) is 29.3 Å². The standard InChI is InChI=1S/C19H25NO5/c1-12(21)14-7-6-13(10-17(14)24-5)15-8-9-20(11-16(15)22)18(23)25-19(2,3)4/h6-7,10,15H,8-9,11H2,1-5H3. The van der Waals surface area contributed by atoms with Crippen LogP contribution in [0.5, 0.6) is 5.75 Å². The first-order valence-corrected chi connectivity index (χ1v) is 8.32. The Kier molecular flexibility index (Phi) is 5.50. The first-order chi connectivity index (χ1) is 11.6. The molecule has 1 aromatic rings. The number of ether oxygens (including phenoxy) is 2. The minimum Gasteiger partial charge on any atom is -0.496 e. The summed E-state index contributed by atoms with van der Waals surface area (Å²) in [6.45, 7) is 7.33. The van der Waals surface area contributed by atoms with Gasteiger partial charge in [0.25, 0.3) is 0 Å². The summed E-state index contributed by atoms with van der Waals surface area (Å²) in [5.41, 5.74) is 0.702. The fourth-order valence-corrected chi connectivity index (χ4v) is 2.87. The number of nitrogens with zero attached hydrogens (tertiary/aromatic N) is 1. The number of methoxy groups -OCH3 is 1. The fourth-order valence-electron chi connectivity index (χ4n) is 2.87. The highest BCUT2D eigenvalue weighted by molar-refractivity contribution is 5.97. The third-order valence-corrected chi connectivity index (χ3v) is 4.08. The molecule has 0 radical (unpaired) electrons. The monoisotopic (exact) mass is 347 g/mol. The van der Waals surface area contributed by atoms with Crippen LogP contribution in [0.2, 0.25) is 0 Å². The van der Waals surface area contributed by atoms with Crippen LogP contribution in [-0.2, 0) is 9.53 Å². The Morgan fingerprint density at radius 1 is 1.24 bits per heavy atom. The summed E-state index contributed by atoms with van der Waals surface area (Å²) in [5.74, 6) is 0.0187. The number of hydrogen-bond donors (Lipinski definition) is 0. The molecule has 0 aromatic heterocycles. The van der Waals surface area contributed by atoms with Crippen LogP contribution < -0.4 is 4.74 Å². The van der Waals surface area contributed by atoms with Crippen LogP contribution in [0.25, 0.3) is 0 Å². The van der Waals surface area contributed by atoms with Gasteiger partial charge in [0.2, 0.25) is 0 Å². The van der Waals surface area contributed by atoms with E-state index in [0.29, 0.717) is 24.3 Å². The van der Waals surface area contributed by atoms with E-state index in [9.17, 15) is 14.4 Å². The summed E-state index contributed by atoms with van der Waals surface area (Å²) >= 11 is 0. The van der Waals surface area contributed by atoms with Gasteiger partial charge in [-0.25, -0.2) is 4.79 Å². The molecule has 1 aromatic carbocycles. The Balaban J connectivity index is 2.13. The van der Waals surface area contributed by atoms with Crippen molar-refractivity contribution in [2.75, 3.05) is 20.2 Å². The first-order valence-electron chi connectivity index (χ1n) is 8.32. The summed E-state index contributed by atoms with van der Waals surface area (Å²) in [4.78, 5) is 37.7. The average Bonchev–Trinajstić information content (AvgIpc) is 2.52. The average molecular weight is 347 g/mol. The summed E-state index contributed by atoms with van der Waals surface area (Å²) in [6.07, 6.45) is 0.0458. The van der Waals surface area contributed by atoms with Gasteiger partial charge in [0.05, 0.1) is 19.2 Å². The zero-order valence-electron chi connectivity index (χ0n) is 15.4. The number of ketones is 2. The molecule has 0 bridgehead atoms. The Labute approximate surface area is 148 Å². The van der Waals surface area contributed by atoms with Crippen molar-refractivity contribution in [3.63, 3.8) is 0 Å². The molecule has 25 heavy (non-hydrogen) atoms. The van der Waals surface area contributed by atoms with Gasteiger partial charge < -0.3 is 14.4 Å². The van der Waals surface area contributed by atoms with Gasteiger partial charge in [0.1, 0.15) is 11.4 Å². The maximum Gasteiger partial charge on any atom is 0.410 e. The smallest absolute Gasteiger partial charge is 0.410 e. The van der Waals surface area contributed by atoms with E-state index in [-0.39, 0.29) is 24.0 Å². The molecule has 1 heterocycles. The Morgan fingerprint density at radius 3 is 2.44 bits per heavy atom. The SMILES string of the molecule is COc1cc(C2CCN(C(=O)OC(C)(C)C)CC2=O)ccc1C(C)=O. The zero-order chi connectivity index (χ0) is 18.8. The van der Waals surface area contributed by atoms with Gasteiger partial charge in [-0.2, -0.15) is 0 Å². The van der Waals surface area contributed by atoms with E-state index < -0.39 is 11.7 Å². The molecule has 1 fully saturated rings. The van der Waals surface area contributed by atoms with Crippen molar-refractivity contribution in [1.82, 2.24) is 4.90 Å². The fraction of sp³-hybridized carbons (Fsp3) is 0.526. The number of amides is 1. The largest absolute Gasteiger partial charge is 0.496 e. The number of likely N-dealkylation sites (tertiary alicyclic amines) is 1. The van der Waals surface area contributed by atoms with Crippen LogP contribution in [0.3, 0.4) is 0 Å². The van der Waals surface area contributed by atoms with E-state index in [1.54, 1.807) is 39.0 Å².